The monoisotopic (exact) mass is 252 g/mol. The standard InChI is InChI=1S/C12H16N2S2/c13-6-3-7-14-12(10-4-1-8-15-10)11-5-2-9-16-11/h1-2,4-5,8-9,12,14H,3,6-7,13H2. The van der Waals surface area contributed by atoms with Crippen LogP contribution in [-0.4, -0.2) is 13.1 Å². The van der Waals surface area contributed by atoms with Crippen LogP contribution in [0.4, 0.5) is 0 Å². The fourth-order valence-corrected chi connectivity index (χ4v) is 3.31. The van der Waals surface area contributed by atoms with Crippen LogP contribution in [0.3, 0.4) is 0 Å². The predicted octanol–water partition coefficient (Wildman–Crippen LogP) is 2.84. The van der Waals surface area contributed by atoms with Crippen molar-refractivity contribution in [2.75, 3.05) is 13.1 Å². The second-order valence-electron chi connectivity index (χ2n) is 3.56. The Labute approximate surface area is 104 Å². The van der Waals surface area contributed by atoms with Crippen molar-refractivity contribution in [2.24, 2.45) is 5.73 Å². The van der Waals surface area contributed by atoms with Crippen molar-refractivity contribution in [3.05, 3.63) is 44.8 Å². The highest BCUT2D eigenvalue weighted by Crippen LogP contribution is 2.28. The van der Waals surface area contributed by atoms with Gasteiger partial charge in [-0.05, 0) is 42.4 Å². The first-order chi connectivity index (χ1) is 7.92. The molecule has 0 spiro atoms. The predicted molar refractivity (Wildman–Crippen MR) is 72.2 cm³/mol. The molecular weight excluding hydrogens is 236 g/mol. The molecule has 0 aliphatic rings. The maximum absolute atomic E-state index is 5.52. The molecule has 0 saturated carbocycles. The smallest absolute Gasteiger partial charge is 0.0764 e. The van der Waals surface area contributed by atoms with Crippen LogP contribution in [0.5, 0.6) is 0 Å². The topological polar surface area (TPSA) is 38.0 Å². The molecule has 0 saturated heterocycles. The highest BCUT2D eigenvalue weighted by Gasteiger charge is 2.14. The fourth-order valence-electron chi connectivity index (χ4n) is 1.60. The van der Waals surface area contributed by atoms with Gasteiger partial charge in [0.2, 0.25) is 0 Å². The van der Waals surface area contributed by atoms with Gasteiger partial charge >= 0.3 is 0 Å². The molecule has 3 N–H and O–H groups in total. The summed E-state index contributed by atoms with van der Waals surface area (Å²) in [5.74, 6) is 0. The Morgan fingerprint density at radius 2 is 1.75 bits per heavy atom. The van der Waals surface area contributed by atoms with Crippen LogP contribution in [0.1, 0.15) is 22.2 Å². The highest BCUT2D eigenvalue weighted by atomic mass is 32.1. The van der Waals surface area contributed by atoms with Gasteiger partial charge in [-0.25, -0.2) is 0 Å². The van der Waals surface area contributed by atoms with Gasteiger partial charge in [-0.3, -0.25) is 0 Å². The summed E-state index contributed by atoms with van der Waals surface area (Å²) >= 11 is 3.60. The Morgan fingerprint density at radius 3 is 2.19 bits per heavy atom. The molecule has 2 aromatic rings. The van der Waals surface area contributed by atoms with E-state index >= 15 is 0 Å². The third kappa shape index (κ3) is 2.92. The maximum atomic E-state index is 5.52. The molecule has 0 aliphatic carbocycles. The van der Waals surface area contributed by atoms with E-state index in [1.54, 1.807) is 22.7 Å². The minimum Gasteiger partial charge on any atom is -0.330 e. The highest BCUT2D eigenvalue weighted by molar-refractivity contribution is 7.11. The summed E-state index contributed by atoms with van der Waals surface area (Å²) in [6.07, 6.45) is 1.02. The number of hydrogen-bond acceptors (Lipinski definition) is 4. The van der Waals surface area contributed by atoms with Crippen LogP contribution in [0.2, 0.25) is 0 Å². The molecule has 16 heavy (non-hydrogen) atoms. The summed E-state index contributed by atoms with van der Waals surface area (Å²) in [6, 6.07) is 8.91. The third-order valence-corrected chi connectivity index (χ3v) is 4.26. The second kappa shape index (κ2) is 6.15. The largest absolute Gasteiger partial charge is 0.330 e. The van der Waals surface area contributed by atoms with E-state index in [1.807, 2.05) is 0 Å². The van der Waals surface area contributed by atoms with Gasteiger partial charge < -0.3 is 11.1 Å². The van der Waals surface area contributed by atoms with Crippen LogP contribution < -0.4 is 11.1 Å². The van der Waals surface area contributed by atoms with E-state index in [0.717, 1.165) is 19.5 Å². The molecule has 2 nitrogen and oxygen atoms in total. The Hall–Kier alpha value is -0.680. The first kappa shape index (κ1) is 11.8. The molecule has 0 aliphatic heterocycles. The Morgan fingerprint density at radius 1 is 1.12 bits per heavy atom. The van der Waals surface area contributed by atoms with Crippen LogP contribution in [0.25, 0.3) is 0 Å². The number of nitrogens with two attached hydrogens (primary N) is 1. The maximum Gasteiger partial charge on any atom is 0.0764 e. The second-order valence-corrected chi connectivity index (χ2v) is 5.52. The molecule has 0 fully saturated rings. The molecule has 0 bridgehead atoms. The average molecular weight is 252 g/mol. The van der Waals surface area contributed by atoms with Crippen molar-refractivity contribution < 1.29 is 0 Å². The van der Waals surface area contributed by atoms with Crippen molar-refractivity contribution >= 4 is 22.7 Å². The van der Waals surface area contributed by atoms with Gasteiger partial charge in [-0.15, -0.1) is 22.7 Å². The van der Waals surface area contributed by atoms with Gasteiger partial charge in [0.1, 0.15) is 0 Å². The zero-order valence-electron chi connectivity index (χ0n) is 9.06. The van der Waals surface area contributed by atoms with Gasteiger partial charge in [-0.1, -0.05) is 12.1 Å². The summed E-state index contributed by atoms with van der Waals surface area (Å²) in [5.41, 5.74) is 5.52. The summed E-state index contributed by atoms with van der Waals surface area (Å²) < 4.78 is 0. The molecule has 2 rings (SSSR count). The molecule has 86 valence electrons. The molecule has 2 heterocycles. The van der Waals surface area contributed by atoms with Gasteiger partial charge in [0.15, 0.2) is 0 Å². The number of rotatable bonds is 6. The molecule has 0 unspecified atom stereocenters. The van der Waals surface area contributed by atoms with Gasteiger partial charge in [-0.2, -0.15) is 0 Å². The first-order valence-corrected chi connectivity index (χ1v) is 7.18. The van der Waals surface area contributed by atoms with Crippen LogP contribution in [-0.2, 0) is 0 Å². The van der Waals surface area contributed by atoms with E-state index in [4.69, 9.17) is 5.73 Å². The van der Waals surface area contributed by atoms with Gasteiger partial charge in [0.25, 0.3) is 0 Å². The average Bonchev–Trinajstić information content (AvgIpc) is 2.97. The minimum absolute atomic E-state index is 0.339. The minimum atomic E-state index is 0.339. The molecule has 0 amide bonds. The zero-order chi connectivity index (χ0) is 11.2. The first-order valence-electron chi connectivity index (χ1n) is 5.42. The number of hydrogen-bond donors (Lipinski definition) is 2. The molecule has 0 radical (unpaired) electrons. The van der Waals surface area contributed by atoms with E-state index in [2.05, 4.69) is 40.3 Å². The number of nitrogens with one attached hydrogen (secondary N) is 1. The Bertz CT molecular complexity index is 347. The number of thiophene rings is 2. The van der Waals surface area contributed by atoms with E-state index < -0.39 is 0 Å². The van der Waals surface area contributed by atoms with Gasteiger partial charge in [0.05, 0.1) is 6.04 Å². The van der Waals surface area contributed by atoms with E-state index in [9.17, 15) is 0 Å². The van der Waals surface area contributed by atoms with E-state index in [-0.39, 0.29) is 0 Å². The summed E-state index contributed by atoms with van der Waals surface area (Å²) in [6.45, 7) is 1.71. The fraction of sp³-hybridized carbons (Fsp3) is 0.333. The Kier molecular flexibility index (Phi) is 4.54. The molecule has 0 atom stereocenters. The molecule has 2 aromatic heterocycles. The van der Waals surface area contributed by atoms with Gasteiger partial charge in [0, 0.05) is 9.75 Å². The molecular formula is C12H16N2S2. The lowest BCUT2D eigenvalue weighted by molar-refractivity contribution is 0.600. The SMILES string of the molecule is NCCCNC(c1cccs1)c1cccs1. The molecule has 0 aromatic carbocycles. The van der Waals surface area contributed by atoms with Crippen molar-refractivity contribution in [1.29, 1.82) is 0 Å². The summed E-state index contributed by atoms with van der Waals surface area (Å²) in [4.78, 5) is 2.75. The lowest BCUT2D eigenvalue weighted by atomic mass is 10.2. The van der Waals surface area contributed by atoms with Crippen molar-refractivity contribution in [2.45, 2.75) is 12.5 Å². The molecule has 4 heteroatoms. The van der Waals surface area contributed by atoms with Crippen LogP contribution in [0.15, 0.2) is 35.0 Å². The van der Waals surface area contributed by atoms with Crippen LogP contribution >= 0.6 is 22.7 Å². The van der Waals surface area contributed by atoms with Crippen LogP contribution in [0, 0.1) is 0 Å². The van der Waals surface area contributed by atoms with Crippen molar-refractivity contribution in [1.82, 2.24) is 5.32 Å². The summed E-state index contributed by atoms with van der Waals surface area (Å²) in [7, 11) is 0. The lowest BCUT2D eigenvalue weighted by Crippen LogP contribution is -2.23. The summed E-state index contributed by atoms with van der Waals surface area (Å²) in [5, 5.41) is 7.82. The zero-order valence-corrected chi connectivity index (χ0v) is 10.7. The lowest BCUT2D eigenvalue weighted by Gasteiger charge is -2.15. The van der Waals surface area contributed by atoms with Crippen molar-refractivity contribution in [3.8, 4) is 0 Å². The quantitative estimate of drug-likeness (QED) is 0.776. The van der Waals surface area contributed by atoms with E-state index in [0.29, 0.717) is 6.04 Å². The van der Waals surface area contributed by atoms with Crippen molar-refractivity contribution in [3.63, 3.8) is 0 Å². The van der Waals surface area contributed by atoms with E-state index in [1.165, 1.54) is 9.75 Å². The Balaban J connectivity index is 2.08. The normalized spacial score (nSPS) is 11.1. The third-order valence-electron chi connectivity index (χ3n) is 2.38.